The van der Waals surface area contributed by atoms with Gasteiger partial charge in [0.15, 0.2) is 0 Å². The summed E-state index contributed by atoms with van der Waals surface area (Å²) in [5, 5.41) is 12.4. The summed E-state index contributed by atoms with van der Waals surface area (Å²) in [5.74, 6) is 0.642. The molecule has 0 saturated heterocycles. The molecule has 19 heavy (non-hydrogen) atoms. The molecule has 0 radical (unpaired) electrons. The Morgan fingerprint density at radius 1 is 1.26 bits per heavy atom. The molecule has 0 aliphatic carbocycles. The van der Waals surface area contributed by atoms with Gasteiger partial charge in [-0.05, 0) is 49.6 Å². The number of hydrogen-bond acceptors (Lipinski definition) is 4. The van der Waals surface area contributed by atoms with Crippen molar-refractivity contribution in [2.24, 2.45) is 0 Å². The van der Waals surface area contributed by atoms with E-state index in [0.717, 1.165) is 16.8 Å². The minimum absolute atomic E-state index is 0.604. The molecule has 2 aromatic rings. The lowest BCUT2D eigenvalue weighted by molar-refractivity contribution is 1.04. The van der Waals surface area contributed by atoms with Gasteiger partial charge in [0.2, 0.25) is 0 Å². The monoisotopic (exact) mass is 252 g/mol. The highest BCUT2D eigenvalue weighted by Gasteiger charge is 2.08. The summed E-state index contributed by atoms with van der Waals surface area (Å²) in [5.41, 5.74) is 4.73. The maximum Gasteiger partial charge on any atom is 0.144 e. The highest BCUT2D eigenvalue weighted by atomic mass is 15.0. The molecule has 96 valence electrons. The number of aryl methyl sites for hydroxylation is 3. The molecule has 2 rings (SSSR count). The number of rotatable bonds is 3. The van der Waals surface area contributed by atoms with Crippen molar-refractivity contribution in [3.8, 4) is 6.07 Å². The number of aromatic nitrogens is 2. The van der Waals surface area contributed by atoms with E-state index >= 15 is 0 Å². The first-order chi connectivity index (χ1) is 9.11. The summed E-state index contributed by atoms with van der Waals surface area (Å²) >= 11 is 0. The van der Waals surface area contributed by atoms with Crippen LogP contribution in [0.15, 0.2) is 24.5 Å². The first-order valence-corrected chi connectivity index (χ1v) is 6.13. The average Bonchev–Trinajstić information content (AvgIpc) is 2.37. The van der Waals surface area contributed by atoms with Gasteiger partial charge in [0, 0.05) is 24.6 Å². The van der Waals surface area contributed by atoms with Gasteiger partial charge in [0.25, 0.3) is 0 Å². The van der Waals surface area contributed by atoms with Crippen LogP contribution in [0.25, 0.3) is 0 Å². The van der Waals surface area contributed by atoms with Crippen LogP contribution < -0.4 is 5.32 Å². The number of nitrogens with one attached hydrogen (secondary N) is 1. The first kappa shape index (κ1) is 13.0. The fourth-order valence-electron chi connectivity index (χ4n) is 1.97. The van der Waals surface area contributed by atoms with Crippen LogP contribution in [0.3, 0.4) is 0 Å². The van der Waals surface area contributed by atoms with Crippen molar-refractivity contribution in [3.05, 3.63) is 52.5 Å². The normalized spacial score (nSPS) is 10.0. The van der Waals surface area contributed by atoms with Crippen molar-refractivity contribution in [1.82, 2.24) is 9.97 Å². The van der Waals surface area contributed by atoms with Gasteiger partial charge in [0.1, 0.15) is 11.9 Å². The van der Waals surface area contributed by atoms with Gasteiger partial charge in [-0.15, -0.1) is 0 Å². The molecular formula is C15H16N4. The topological polar surface area (TPSA) is 61.6 Å². The number of nitriles is 1. The van der Waals surface area contributed by atoms with E-state index in [4.69, 9.17) is 0 Å². The zero-order valence-corrected chi connectivity index (χ0v) is 11.4. The Morgan fingerprint density at radius 2 is 2.05 bits per heavy atom. The molecule has 1 N–H and O–H groups in total. The second-order valence-electron chi connectivity index (χ2n) is 4.57. The van der Waals surface area contributed by atoms with Crippen molar-refractivity contribution in [1.29, 1.82) is 5.26 Å². The summed E-state index contributed by atoms with van der Waals surface area (Å²) in [6.07, 6.45) is 3.60. The molecule has 4 heteroatoms. The van der Waals surface area contributed by atoms with Crippen LogP contribution in [0.5, 0.6) is 0 Å². The Labute approximate surface area is 113 Å². The van der Waals surface area contributed by atoms with Gasteiger partial charge in [-0.3, -0.25) is 4.98 Å². The van der Waals surface area contributed by atoms with Gasteiger partial charge in [-0.1, -0.05) is 0 Å². The van der Waals surface area contributed by atoms with Crippen LogP contribution in [0.2, 0.25) is 0 Å². The van der Waals surface area contributed by atoms with E-state index in [2.05, 4.69) is 21.4 Å². The SMILES string of the molecule is Cc1cc(C)c(C#N)c(NCc2cnccc2C)n1. The lowest BCUT2D eigenvalue weighted by atomic mass is 10.1. The zero-order chi connectivity index (χ0) is 13.8. The Balaban J connectivity index is 2.25. The summed E-state index contributed by atoms with van der Waals surface area (Å²) in [6.45, 7) is 6.51. The molecule has 4 nitrogen and oxygen atoms in total. The van der Waals surface area contributed by atoms with Gasteiger partial charge in [0.05, 0.1) is 5.56 Å². The second-order valence-corrected chi connectivity index (χ2v) is 4.57. The maximum absolute atomic E-state index is 9.20. The highest BCUT2D eigenvalue weighted by Crippen LogP contribution is 2.18. The Hall–Kier alpha value is -2.41. The molecular weight excluding hydrogens is 236 g/mol. The molecule has 0 fully saturated rings. The van der Waals surface area contributed by atoms with Gasteiger partial charge in [-0.2, -0.15) is 5.26 Å². The van der Waals surface area contributed by atoms with Gasteiger partial charge < -0.3 is 5.32 Å². The summed E-state index contributed by atoms with van der Waals surface area (Å²) in [4.78, 5) is 8.51. The predicted octanol–water partition coefficient (Wildman–Crippen LogP) is 2.89. The van der Waals surface area contributed by atoms with E-state index in [1.54, 1.807) is 6.20 Å². The highest BCUT2D eigenvalue weighted by molar-refractivity contribution is 5.56. The van der Waals surface area contributed by atoms with Crippen molar-refractivity contribution in [2.45, 2.75) is 27.3 Å². The van der Waals surface area contributed by atoms with Crippen molar-refractivity contribution >= 4 is 5.82 Å². The molecule has 0 aliphatic heterocycles. The lowest BCUT2D eigenvalue weighted by Crippen LogP contribution is -2.07. The van der Waals surface area contributed by atoms with E-state index in [1.165, 1.54) is 5.56 Å². The fourth-order valence-corrected chi connectivity index (χ4v) is 1.97. The maximum atomic E-state index is 9.20. The molecule has 2 aromatic heterocycles. The van der Waals surface area contributed by atoms with Crippen molar-refractivity contribution in [2.75, 3.05) is 5.32 Å². The van der Waals surface area contributed by atoms with E-state index < -0.39 is 0 Å². The third-order valence-electron chi connectivity index (χ3n) is 3.05. The van der Waals surface area contributed by atoms with E-state index in [9.17, 15) is 5.26 Å². The lowest BCUT2D eigenvalue weighted by Gasteiger charge is -2.11. The van der Waals surface area contributed by atoms with Crippen LogP contribution in [0, 0.1) is 32.1 Å². The molecule has 0 atom stereocenters. The molecule has 0 aromatic carbocycles. The minimum Gasteiger partial charge on any atom is -0.365 e. The van der Waals surface area contributed by atoms with Gasteiger partial charge in [-0.25, -0.2) is 4.98 Å². The number of anilines is 1. The fraction of sp³-hybridized carbons (Fsp3) is 0.267. The third kappa shape index (κ3) is 2.89. The number of nitrogens with zero attached hydrogens (tertiary/aromatic N) is 3. The summed E-state index contributed by atoms with van der Waals surface area (Å²) in [6, 6.07) is 6.09. The Bertz CT molecular complexity index is 641. The largest absolute Gasteiger partial charge is 0.365 e. The minimum atomic E-state index is 0.604. The molecule has 0 unspecified atom stereocenters. The number of hydrogen-bond donors (Lipinski definition) is 1. The molecule has 2 heterocycles. The smallest absolute Gasteiger partial charge is 0.144 e. The zero-order valence-electron chi connectivity index (χ0n) is 11.4. The molecule has 0 saturated carbocycles. The van der Waals surface area contributed by atoms with Crippen LogP contribution in [0.4, 0.5) is 5.82 Å². The molecule has 0 aliphatic rings. The van der Waals surface area contributed by atoms with Gasteiger partial charge >= 0.3 is 0 Å². The van der Waals surface area contributed by atoms with Crippen molar-refractivity contribution in [3.63, 3.8) is 0 Å². The van der Waals surface area contributed by atoms with Crippen LogP contribution in [-0.4, -0.2) is 9.97 Å². The van der Waals surface area contributed by atoms with E-state index in [-0.39, 0.29) is 0 Å². The summed E-state index contributed by atoms with van der Waals surface area (Å²) in [7, 11) is 0. The van der Waals surface area contributed by atoms with Crippen LogP contribution in [-0.2, 0) is 6.54 Å². The summed E-state index contributed by atoms with van der Waals surface area (Å²) < 4.78 is 0. The van der Waals surface area contributed by atoms with E-state index in [0.29, 0.717) is 17.9 Å². The molecule has 0 amide bonds. The predicted molar refractivity (Wildman–Crippen MR) is 74.7 cm³/mol. The second kappa shape index (κ2) is 5.49. The third-order valence-corrected chi connectivity index (χ3v) is 3.05. The quantitative estimate of drug-likeness (QED) is 0.912. The van der Waals surface area contributed by atoms with E-state index in [1.807, 2.05) is 39.1 Å². The number of pyridine rings is 2. The Morgan fingerprint density at radius 3 is 2.74 bits per heavy atom. The van der Waals surface area contributed by atoms with Crippen LogP contribution >= 0.6 is 0 Å². The van der Waals surface area contributed by atoms with Crippen LogP contribution in [0.1, 0.15) is 27.9 Å². The van der Waals surface area contributed by atoms with Crippen molar-refractivity contribution < 1.29 is 0 Å². The molecule has 0 spiro atoms. The standard InChI is InChI=1S/C15H16N4/c1-10-4-5-17-8-13(10)9-18-15-14(7-16)11(2)6-12(3)19-15/h4-6,8H,9H2,1-3H3,(H,18,19). The average molecular weight is 252 g/mol. The molecule has 0 bridgehead atoms. The Kier molecular flexibility index (Phi) is 3.76. The first-order valence-electron chi connectivity index (χ1n) is 6.13.